The number of nitrogens with one attached hydrogen (secondary N) is 1. The van der Waals surface area contributed by atoms with E-state index in [9.17, 15) is 13.2 Å². The zero-order valence-electron chi connectivity index (χ0n) is 13.6. The zero-order chi connectivity index (χ0) is 18.7. The van der Waals surface area contributed by atoms with Gasteiger partial charge in [-0.3, -0.25) is 10.1 Å². The number of benzene rings is 2. The first kappa shape index (κ1) is 18.3. The predicted molar refractivity (Wildman–Crippen MR) is 99.6 cm³/mol. The van der Waals surface area contributed by atoms with Crippen LogP contribution in [0.5, 0.6) is 0 Å². The van der Waals surface area contributed by atoms with Gasteiger partial charge in [-0.2, -0.15) is 0 Å². The molecule has 26 heavy (non-hydrogen) atoms. The van der Waals surface area contributed by atoms with Crippen LogP contribution in [0.1, 0.15) is 17.3 Å². The lowest BCUT2D eigenvalue weighted by Crippen LogP contribution is -2.13. The van der Waals surface area contributed by atoms with Crippen molar-refractivity contribution in [1.29, 1.82) is 0 Å². The van der Waals surface area contributed by atoms with E-state index in [4.69, 9.17) is 4.42 Å². The molecule has 134 valence electrons. The number of nitrogens with zero attached hydrogens (tertiary/aromatic N) is 2. The highest BCUT2D eigenvalue weighted by molar-refractivity contribution is 9.10. The van der Waals surface area contributed by atoms with E-state index in [0.29, 0.717) is 5.56 Å². The number of hydrogen-bond donors (Lipinski definition) is 1. The molecule has 1 heterocycles. The fourth-order valence-corrected chi connectivity index (χ4v) is 3.34. The summed E-state index contributed by atoms with van der Waals surface area (Å²) >= 11 is 3.34. The van der Waals surface area contributed by atoms with E-state index in [-0.39, 0.29) is 28.1 Å². The Kier molecular flexibility index (Phi) is 5.19. The minimum absolute atomic E-state index is 0.0434. The van der Waals surface area contributed by atoms with Crippen molar-refractivity contribution in [3.05, 3.63) is 58.6 Å². The quantitative estimate of drug-likeness (QED) is 0.657. The number of anilines is 1. The molecule has 0 spiro atoms. The van der Waals surface area contributed by atoms with Gasteiger partial charge in [-0.05, 0) is 42.5 Å². The van der Waals surface area contributed by atoms with Gasteiger partial charge in [-0.1, -0.05) is 34.0 Å². The number of rotatable bonds is 5. The third kappa shape index (κ3) is 4.00. The summed E-state index contributed by atoms with van der Waals surface area (Å²) in [5, 5.41) is 10.2. The Morgan fingerprint density at radius 1 is 1.15 bits per heavy atom. The van der Waals surface area contributed by atoms with E-state index in [0.717, 1.165) is 4.47 Å². The summed E-state index contributed by atoms with van der Waals surface area (Å²) in [7, 11) is -3.40. The van der Waals surface area contributed by atoms with Gasteiger partial charge in [0, 0.05) is 15.6 Å². The second-order valence-electron chi connectivity index (χ2n) is 5.30. The van der Waals surface area contributed by atoms with Gasteiger partial charge < -0.3 is 4.42 Å². The van der Waals surface area contributed by atoms with Gasteiger partial charge in [0.15, 0.2) is 9.84 Å². The molecule has 0 radical (unpaired) electrons. The molecule has 0 aliphatic heterocycles. The molecule has 0 bridgehead atoms. The topological polar surface area (TPSA) is 102 Å². The van der Waals surface area contributed by atoms with Crippen molar-refractivity contribution < 1.29 is 17.6 Å². The van der Waals surface area contributed by atoms with E-state index in [1.807, 2.05) is 12.1 Å². The zero-order valence-corrected chi connectivity index (χ0v) is 16.0. The van der Waals surface area contributed by atoms with Gasteiger partial charge in [-0.15, -0.1) is 5.10 Å². The lowest BCUT2D eigenvalue weighted by Gasteiger charge is -2.04. The van der Waals surface area contributed by atoms with Crippen LogP contribution < -0.4 is 5.32 Å². The van der Waals surface area contributed by atoms with Crippen LogP contribution in [-0.2, 0) is 9.84 Å². The molecule has 2 aromatic carbocycles. The number of carbonyl (C=O) groups excluding carboxylic acids is 1. The second kappa shape index (κ2) is 7.38. The van der Waals surface area contributed by atoms with Crippen LogP contribution in [0.15, 0.2) is 62.3 Å². The SMILES string of the molecule is CCS(=O)(=O)c1cccc(C(=O)Nc2nnc(-c3ccc(Br)cc3)o2)c1. The molecule has 3 rings (SSSR count). The minimum Gasteiger partial charge on any atom is -0.403 e. The highest BCUT2D eigenvalue weighted by atomic mass is 79.9. The fraction of sp³-hybridized carbons (Fsp3) is 0.118. The van der Waals surface area contributed by atoms with E-state index < -0.39 is 15.7 Å². The van der Waals surface area contributed by atoms with Gasteiger partial charge in [0.2, 0.25) is 5.89 Å². The van der Waals surface area contributed by atoms with Crippen LogP contribution in [0.25, 0.3) is 11.5 Å². The van der Waals surface area contributed by atoms with E-state index in [2.05, 4.69) is 31.4 Å². The lowest BCUT2D eigenvalue weighted by molar-refractivity contribution is 0.102. The molecule has 0 fully saturated rings. The first-order valence-electron chi connectivity index (χ1n) is 7.62. The molecule has 0 atom stereocenters. The predicted octanol–water partition coefficient (Wildman–Crippen LogP) is 3.55. The van der Waals surface area contributed by atoms with Gasteiger partial charge in [0.25, 0.3) is 5.91 Å². The molecule has 7 nitrogen and oxygen atoms in total. The molecule has 1 amide bonds. The number of aromatic nitrogens is 2. The molecular weight excluding hydrogens is 422 g/mol. The van der Waals surface area contributed by atoms with Crippen molar-refractivity contribution in [2.24, 2.45) is 0 Å². The number of sulfone groups is 1. The fourth-order valence-electron chi connectivity index (χ4n) is 2.15. The monoisotopic (exact) mass is 435 g/mol. The number of amides is 1. The summed E-state index contributed by atoms with van der Waals surface area (Å²) < 4.78 is 30.2. The number of hydrogen-bond acceptors (Lipinski definition) is 6. The average Bonchev–Trinajstić information content (AvgIpc) is 3.11. The van der Waals surface area contributed by atoms with Crippen LogP contribution in [0.4, 0.5) is 6.01 Å². The lowest BCUT2D eigenvalue weighted by atomic mass is 10.2. The van der Waals surface area contributed by atoms with Crippen molar-refractivity contribution in [3.63, 3.8) is 0 Å². The maximum Gasteiger partial charge on any atom is 0.322 e. The summed E-state index contributed by atoms with van der Waals surface area (Å²) in [4.78, 5) is 12.4. The van der Waals surface area contributed by atoms with Crippen molar-refractivity contribution in [2.45, 2.75) is 11.8 Å². The standard InChI is InChI=1S/C17H14BrN3O4S/c1-2-26(23,24)14-5-3-4-12(10-14)15(22)19-17-21-20-16(25-17)11-6-8-13(18)9-7-11/h3-10H,2H2,1H3,(H,19,21,22). The van der Waals surface area contributed by atoms with E-state index in [1.165, 1.54) is 24.3 Å². The molecule has 1 aromatic heterocycles. The van der Waals surface area contributed by atoms with Crippen molar-refractivity contribution in [2.75, 3.05) is 11.1 Å². The molecule has 0 aliphatic carbocycles. The first-order chi connectivity index (χ1) is 12.4. The number of carbonyl (C=O) groups is 1. The second-order valence-corrected chi connectivity index (χ2v) is 8.50. The van der Waals surface area contributed by atoms with Crippen LogP contribution in [0.3, 0.4) is 0 Å². The maximum absolute atomic E-state index is 12.3. The third-order valence-electron chi connectivity index (χ3n) is 3.57. The Labute approximate surface area is 158 Å². The smallest absolute Gasteiger partial charge is 0.322 e. The van der Waals surface area contributed by atoms with Crippen LogP contribution >= 0.6 is 15.9 Å². The Bertz CT molecular complexity index is 1050. The molecule has 3 aromatic rings. The van der Waals surface area contributed by atoms with E-state index >= 15 is 0 Å². The first-order valence-corrected chi connectivity index (χ1v) is 10.1. The molecule has 1 N–H and O–H groups in total. The molecule has 0 aliphatic rings. The van der Waals surface area contributed by atoms with Crippen molar-refractivity contribution in [3.8, 4) is 11.5 Å². The van der Waals surface area contributed by atoms with Gasteiger partial charge in [-0.25, -0.2) is 8.42 Å². The third-order valence-corrected chi connectivity index (χ3v) is 5.83. The normalized spacial score (nSPS) is 11.3. The van der Waals surface area contributed by atoms with Crippen LogP contribution in [-0.4, -0.2) is 30.3 Å². The molecule has 0 saturated heterocycles. The Morgan fingerprint density at radius 2 is 1.88 bits per heavy atom. The Hall–Kier alpha value is -2.52. The summed E-state index contributed by atoms with van der Waals surface area (Å²) in [6.45, 7) is 1.55. The highest BCUT2D eigenvalue weighted by Gasteiger charge is 2.16. The maximum atomic E-state index is 12.3. The summed E-state index contributed by atoms with van der Waals surface area (Å²) in [6, 6.07) is 13.0. The van der Waals surface area contributed by atoms with Gasteiger partial charge in [0.05, 0.1) is 10.6 Å². The average molecular weight is 436 g/mol. The molecule has 0 saturated carbocycles. The molecule has 0 unspecified atom stereocenters. The summed E-state index contributed by atoms with van der Waals surface area (Å²) in [5.41, 5.74) is 0.889. The van der Waals surface area contributed by atoms with Crippen molar-refractivity contribution in [1.82, 2.24) is 10.2 Å². The van der Waals surface area contributed by atoms with Crippen LogP contribution in [0.2, 0.25) is 0 Å². The van der Waals surface area contributed by atoms with Crippen LogP contribution in [0, 0.1) is 0 Å². The summed E-state index contributed by atoms with van der Waals surface area (Å²) in [6.07, 6.45) is 0. The van der Waals surface area contributed by atoms with E-state index in [1.54, 1.807) is 19.1 Å². The number of halogens is 1. The Morgan fingerprint density at radius 3 is 2.58 bits per heavy atom. The van der Waals surface area contributed by atoms with Gasteiger partial charge >= 0.3 is 6.01 Å². The Balaban J connectivity index is 1.79. The van der Waals surface area contributed by atoms with Gasteiger partial charge in [0.1, 0.15) is 0 Å². The van der Waals surface area contributed by atoms with Crippen molar-refractivity contribution >= 4 is 37.7 Å². The largest absolute Gasteiger partial charge is 0.403 e. The molecular formula is C17H14BrN3O4S. The summed E-state index contributed by atoms with van der Waals surface area (Å²) in [5.74, 6) is -0.322. The highest BCUT2D eigenvalue weighted by Crippen LogP contribution is 2.22. The molecule has 9 heteroatoms. The minimum atomic E-state index is -3.40.